The lowest BCUT2D eigenvalue weighted by atomic mass is 10.2. The molecule has 1 amide bonds. The predicted octanol–water partition coefficient (Wildman–Crippen LogP) is 0.151. The zero-order valence-electron chi connectivity index (χ0n) is 14.8. The minimum absolute atomic E-state index is 0.0191. The smallest absolute Gasteiger partial charge is 0.234 e. The van der Waals surface area contributed by atoms with Crippen molar-refractivity contribution in [2.75, 3.05) is 32.4 Å². The van der Waals surface area contributed by atoms with E-state index in [0.717, 1.165) is 37.3 Å². The van der Waals surface area contributed by atoms with Crippen molar-refractivity contribution < 1.29 is 13.2 Å². The van der Waals surface area contributed by atoms with E-state index in [1.165, 1.54) is 23.4 Å². The predicted molar refractivity (Wildman–Crippen MR) is 94.2 cm³/mol. The van der Waals surface area contributed by atoms with Crippen LogP contribution in [0.25, 0.3) is 0 Å². The SMILES string of the molecule is CS(=O)(=O)N1CCn2nc(CNC(=O)CN3CCCCCC3)cc2C1. The second-order valence-corrected chi connectivity index (χ2v) is 8.90. The molecule has 2 aliphatic heterocycles. The van der Waals surface area contributed by atoms with Gasteiger partial charge in [-0.15, -0.1) is 0 Å². The lowest BCUT2D eigenvalue weighted by molar-refractivity contribution is -0.122. The average molecular weight is 369 g/mol. The highest BCUT2D eigenvalue weighted by Crippen LogP contribution is 2.16. The largest absolute Gasteiger partial charge is 0.349 e. The molecule has 1 fully saturated rings. The van der Waals surface area contributed by atoms with Crippen molar-refractivity contribution in [3.63, 3.8) is 0 Å². The number of hydrogen-bond acceptors (Lipinski definition) is 5. The van der Waals surface area contributed by atoms with Gasteiger partial charge in [0.2, 0.25) is 15.9 Å². The minimum Gasteiger partial charge on any atom is -0.349 e. The molecule has 3 rings (SSSR count). The van der Waals surface area contributed by atoms with Crippen LogP contribution in [0.5, 0.6) is 0 Å². The van der Waals surface area contributed by atoms with E-state index in [1.807, 2.05) is 10.7 Å². The first-order chi connectivity index (χ1) is 11.9. The first-order valence-corrected chi connectivity index (χ1v) is 10.8. The molecular weight excluding hydrogens is 342 g/mol. The van der Waals surface area contributed by atoms with Crippen LogP contribution in [0.1, 0.15) is 37.1 Å². The van der Waals surface area contributed by atoms with Crippen LogP contribution in [0, 0.1) is 0 Å². The lowest BCUT2D eigenvalue weighted by Gasteiger charge is -2.25. The standard InChI is InChI=1S/C16H27N5O3S/c1-25(23,24)20-8-9-21-15(12-20)10-14(18-21)11-17-16(22)13-19-6-4-2-3-5-7-19/h10H,2-9,11-13H2,1H3,(H,17,22). The van der Waals surface area contributed by atoms with Gasteiger partial charge in [-0.25, -0.2) is 8.42 Å². The van der Waals surface area contributed by atoms with Crippen molar-refractivity contribution in [3.05, 3.63) is 17.5 Å². The van der Waals surface area contributed by atoms with Gasteiger partial charge in [-0.1, -0.05) is 12.8 Å². The molecule has 1 aromatic rings. The molecule has 0 radical (unpaired) electrons. The number of fused-ring (bicyclic) bond motifs is 1. The van der Waals surface area contributed by atoms with E-state index in [2.05, 4.69) is 15.3 Å². The Hall–Kier alpha value is -1.45. The molecule has 8 nitrogen and oxygen atoms in total. The van der Waals surface area contributed by atoms with Crippen LogP contribution in [0.2, 0.25) is 0 Å². The van der Waals surface area contributed by atoms with E-state index in [-0.39, 0.29) is 5.91 Å². The molecule has 0 aromatic carbocycles. The van der Waals surface area contributed by atoms with Crippen molar-refractivity contribution in [3.8, 4) is 0 Å². The molecule has 2 aliphatic rings. The molecule has 0 atom stereocenters. The summed E-state index contributed by atoms with van der Waals surface area (Å²) in [6, 6.07) is 1.88. The monoisotopic (exact) mass is 369 g/mol. The molecule has 9 heteroatoms. The molecule has 3 heterocycles. The Morgan fingerprint density at radius 2 is 1.88 bits per heavy atom. The fourth-order valence-electron chi connectivity index (χ4n) is 3.41. The number of rotatable bonds is 5. The van der Waals surface area contributed by atoms with Crippen LogP contribution >= 0.6 is 0 Å². The number of nitrogens with zero attached hydrogens (tertiary/aromatic N) is 4. The third kappa shape index (κ3) is 5.02. The second kappa shape index (κ2) is 7.84. The van der Waals surface area contributed by atoms with Gasteiger partial charge in [-0.3, -0.25) is 14.4 Å². The number of likely N-dealkylation sites (tertiary alicyclic amines) is 1. The summed E-state index contributed by atoms with van der Waals surface area (Å²) < 4.78 is 26.6. The summed E-state index contributed by atoms with van der Waals surface area (Å²) in [5.41, 5.74) is 1.64. The Kier molecular flexibility index (Phi) is 5.75. The number of amides is 1. The van der Waals surface area contributed by atoms with Gasteiger partial charge in [0.05, 0.1) is 43.8 Å². The summed E-state index contributed by atoms with van der Waals surface area (Å²) in [5.74, 6) is 0.0191. The average Bonchev–Trinajstić information content (AvgIpc) is 2.79. The van der Waals surface area contributed by atoms with Crippen molar-refractivity contribution in [2.24, 2.45) is 0 Å². The molecule has 1 aromatic heterocycles. The summed E-state index contributed by atoms with van der Waals surface area (Å²) in [5, 5.41) is 7.40. The third-order valence-corrected chi connectivity index (χ3v) is 6.06. The topological polar surface area (TPSA) is 87.5 Å². The van der Waals surface area contributed by atoms with Gasteiger partial charge in [0.25, 0.3) is 0 Å². The van der Waals surface area contributed by atoms with Gasteiger partial charge in [-0.05, 0) is 32.0 Å². The highest BCUT2D eigenvalue weighted by Gasteiger charge is 2.24. The molecule has 1 saturated heterocycles. The maximum atomic E-state index is 12.1. The normalized spacial score (nSPS) is 20.0. The van der Waals surface area contributed by atoms with E-state index in [0.29, 0.717) is 32.7 Å². The quantitative estimate of drug-likeness (QED) is 0.798. The zero-order chi connectivity index (χ0) is 17.9. The van der Waals surface area contributed by atoms with Crippen LogP contribution in [0.3, 0.4) is 0 Å². The second-order valence-electron chi connectivity index (χ2n) is 6.91. The summed E-state index contributed by atoms with van der Waals surface area (Å²) >= 11 is 0. The van der Waals surface area contributed by atoms with Crippen LogP contribution < -0.4 is 5.32 Å². The van der Waals surface area contributed by atoms with E-state index in [9.17, 15) is 13.2 Å². The van der Waals surface area contributed by atoms with Gasteiger partial charge >= 0.3 is 0 Å². The molecule has 25 heavy (non-hydrogen) atoms. The molecule has 0 spiro atoms. The molecule has 0 saturated carbocycles. The molecule has 140 valence electrons. The third-order valence-electron chi connectivity index (χ3n) is 4.82. The molecule has 0 aliphatic carbocycles. The first-order valence-electron chi connectivity index (χ1n) is 8.91. The van der Waals surface area contributed by atoms with Crippen LogP contribution in [-0.4, -0.2) is 65.7 Å². The summed E-state index contributed by atoms with van der Waals surface area (Å²) in [6.45, 7) is 4.13. The van der Waals surface area contributed by atoms with Crippen molar-refractivity contribution in [2.45, 2.75) is 45.3 Å². The van der Waals surface area contributed by atoms with Gasteiger partial charge < -0.3 is 5.32 Å². The van der Waals surface area contributed by atoms with Gasteiger partial charge in [0.15, 0.2) is 0 Å². The number of carbonyl (C=O) groups is 1. The van der Waals surface area contributed by atoms with Gasteiger partial charge in [0, 0.05) is 6.54 Å². The Bertz CT molecular complexity index is 707. The van der Waals surface area contributed by atoms with Crippen LogP contribution in [-0.2, 0) is 34.5 Å². The number of nitrogens with one attached hydrogen (secondary N) is 1. The number of hydrogen-bond donors (Lipinski definition) is 1. The van der Waals surface area contributed by atoms with E-state index >= 15 is 0 Å². The van der Waals surface area contributed by atoms with Crippen molar-refractivity contribution in [1.82, 2.24) is 24.3 Å². The Morgan fingerprint density at radius 3 is 2.56 bits per heavy atom. The Balaban J connectivity index is 1.51. The van der Waals surface area contributed by atoms with E-state index < -0.39 is 10.0 Å². The Labute approximate surface area is 149 Å². The summed E-state index contributed by atoms with van der Waals surface area (Å²) in [6.07, 6.45) is 6.06. The Morgan fingerprint density at radius 1 is 1.16 bits per heavy atom. The summed E-state index contributed by atoms with van der Waals surface area (Å²) in [4.78, 5) is 14.4. The molecule has 0 bridgehead atoms. The van der Waals surface area contributed by atoms with Crippen molar-refractivity contribution >= 4 is 15.9 Å². The highest BCUT2D eigenvalue weighted by atomic mass is 32.2. The maximum absolute atomic E-state index is 12.1. The fraction of sp³-hybridized carbons (Fsp3) is 0.750. The highest BCUT2D eigenvalue weighted by molar-refractivity contribution is 7.88. The van der Waals surface area contributed by atoms with Gasteiger partial charge in [-0.2, -0.15) is 9.40 Å². The van der Waals surface area contributed by atoms with Crippen LogP contribution in [0.4, 0.5) is 0 Å². The van der Waals surface area contributed by atoms with Gasteiger partial charge in [0.1, 0.15) is 0 Å². The summed E-state index contributed by atoms with van der Waals surface area (Å²) in [7, 11) is -3.19. The number of aromatic nitrogens is 2. The maximum Gasteiger partial charge on any atom is 0.234 e. The molecular formula is C16H27N5O3S. The molecule has 0 unspecified atom stereocenters. The minimum atomic E-state index is -3.19. The number of sulfonamides is 1. The lowest BCUT2D eigenvalue weighted by Crippen LogP contribution is -2.37. The van der Waals surface area contributed by atoms with Crippen LogP contribution in [0.15, 0.2) is 6.07 Å². The molecule has 1 N–H and O–H groups in total. The van der Waals surface area contributed by atoms with E-state index in [4.69, 9.17) is 0 Å². The zero-order valence-corrected chi connectivity index (χ0v) is 15.6. The first kappa shape index (κ1) is 18.3. The number of carbonyl (C=O) groups excluding carboxylic acids is 1. The van der Waals surface area contributed by atoms with Crippen molar-refractivity contribution in [1.29, 1.82) is 0 Å². The fourth-order valence-corrected chi connectivity index (χ4v) is 4.19. The van der Waals surface area contributed by atoms with E-state index in [1.54, 1.807) is 0 Å².